The van der Waals surface area contributed by atoms with E-state index in [1.807, 2.05) is 30.3 Å². The molecule has 382 valence electrons. The Kier molecular flexibility index (Phi) is 42.5. The number of ether oxygens (including phenoxy) is 11. The van der Waals surface area contributed by atoms with Gasteiger partial charge in [0.05, 0.1) is 99.1 Å². The molecular formula is C50H85F3N2O11. The van der Waals surface area contributed by atoms with Gasteiger partial charge in [-0.05, 0) is 74.3 Å². The van der Waals surface area contributed by atoms with Gasteiger partial charge in [0.25, 0.3) is 0 Å². The molecule has 1 heterocycles. The highest BCUT2D eigenvalue weighted by molar-refractivity contribution is 5.53. The summed E-state index contributed by atoms with van der Waals surface area (Å²) in [6.45, 7) is 17.8. The van der Waals surface area contributed by atoms with Crippen LogP contribution < -0.4 is 11.1 Å². The van der Waals surface area contributed by atoms with Gasteiger partial charge in [0, 0.05) is 44.7 Å². The fourth-order valence-corrected chi connectivity index (χ4v) is 6.21. The highest BCUT2D eigenvalue weighted by Gasteiger charge is 2.27. The Morgan fingerprint density at radius 1 is 0.561 bits per heavy atom. The maximum Gasteiger partial charge on any atom is 0.411 e. The molecule has 2 rings (SSSR count). The lowest BCUT2D eigenvalue weighted by molar-refractivity contribution is -0.176. The van der Waals surface area contributed by atoms with Crippen LogP contribution >= 0.6 is 0 Å². The van der Waals surface area contributed by atoms with E-state index in [9.17, 15) is 13.2 Å². The quantitative estimate of drug-likeness (QED) is 0.0367. The lowest BCUT2D eigenvalue weighted by Crippen LogP contribution is -2.28. The zero-order chi connectivity index (χ0) is 47.9. The maximum atomic E-state index is 11.9. The van der Waals surface area contributed by atoms with Crippen molar-refractivity contribution in [1.82, 2.24) is 5.32 Å². The average molecular weight is 947 g/mol. The van der Waals surface area contributed by atoms with E-state index in [1.165, 1.54) is 12.8 Å². The molecule has 1 aliphatic heterocycles. The number of rotatable bonds is 43. The van der Waals surface area contributed by atoms with Crippen LogP contribution in [0.2, 0.25) is 0 Å². The first-order valence-corrected chi connectivity index (χ1v) is 23.9. The molecule has 13 nitrogen and oxygen atoms in total. The van der Waals surface area contributed by atoms with Gasteiger partial charge >= 0.3 is 6.18 Å². The monoisotopic (exact) mass is 947 g/mol. The van der Waals surface area contributed by atoms with Crippen molar-refractivity contribution in [3.05, 3.63) is 73.1 Å². The molecule has 1 aromatic carbocycles. The molecule has 3 N–H and O–H groups in total. The number of nitrogen functional groups attached to an aromatic ring is 1. The molecule has 0 aliphatic carbocycles. The van der Waals surface area contributed by atoms with Gasteiger partial charge in [-0.25, -0.2) is 0 Å². The summed E-state index contributed by atoms with van der Waals surface area (Å²) in [5.74, 6) is 1.26. The molecule has 0 saturated carbocycles. The van der Waals surface area contributed by atoms with Crippen LogP contribution in [-0.4, -0.2) is 158 Å². The molecule has 2 unspecified atom stereocenters. The van der Waals surface area contributed by atoms with Crippen LogP contribution in [0.25, 0.3) is 6.08 Å². The number of hydrogen-bond donors (Lipinski definition) is 2. The minimum absolute atomic E-state index is 0.0929. The molecule has 0 bridgehead atoms. The number of halogens is 3. The van der Waals surface area contributed by atoms with E-state index < -0.39 is 12.8 Å². The molecule has 0 spiro atoms. The van der Waals surface area contributed by atoms with Crippen molar-refractivity contribution in [3.63, 3.8) is 0 Å². The predicted molar refractivity (Wildman–Crippen MR) is 256 cm³/mol. The number of alkyl halides is 3. The van der Waals surface area contributed by atoms with Gasteiger partial charge < -0.3 is 63.2 Å². The molecular weight excluding hydrogens is 862 g/mol. The third-order valence-electron chi connectivity index (χ3n) is 9.58. The van der Waals surface area contributed by atoms with Crippen molar-refractivity contribution in [2.75, 3.05) is 151 Å². The Morgan fingerprint density at radius 3 is 1.38 bits per heavy atom. The second-order valence-corrected chi connectivity index (χ2v) is 15.4. The Labute approximate surface area is 394 Å². The fourth-order valence-electron chi connectivity index (χ4n) is 6.21. The molecule has 0 saturated heterocycles. The van der Waals surface area contributed by atoms with Gasteiger partial charge in [0.15, 0.2) is 0 Å². The van der Waals surface area contributed by atoms with E-state index >= 15 is 0 Å². The number of hydrogen-bond acceptors (Lipinski definition) is 13. The highest BCUT2D eigenvalue weighted by Crippen LogP contribution is 2.17. The van der Waals surface area contributed by atoms with Crippen LogP contribution in [0.3, 0.4) is 0 Å². The minimum atomic E-state index is -4.31. The number of nitrogens with two attached hydrogens (primary N) is 1. The number of allylic oxidation sites excluding steroid dienone is 2. The largest absolute Gasteiger partial charge is 0.492 e. The standard InChI is InChI=1S/C48H81F3N2O11.C2H4/c1-43-40-46(18-15-44-13-16-45(52)17-14-44)53-19-11-12-47(41-43)64-39-38-57-23-10-6-9-22-56-26-29-59-31-33-61-32-30-58-27-24-54-20-7-4-2-3-5-8-21-55-25-28-60-34-35-62-36-37-63-42-48(49,50)51;1-2/h11-18,41,43,46,53H,2-10,19-40,42,52H2,1H3;1-2H2/b12-11-,18-15+,47-41+;. The molecule has 0 radical (unpaired) electrons. The third kappa shape index (κ3) is 42.5. The summed E-state index contributed by atoms with van der Waals surface area (Å²) in [5.41, 5.74) is 7.72. The zero-order valence-corrected chi connectivity index (χ0v) is 40.1. The second kappa shape index (κ2) is 45.9. The van der Waals surface area contributed by atoms with Gasteiger partial charge in [-0.3, -0.25) is 0 Å². The van der Waals surface area contributed by atoms with Crippen molar-refractivity contribution in [3.8, 4) is 0 Å². The first kappa shape index (κ1) is 61.1. The first-order chi connectivity index (χ1) is 32.3. The topological polar surface area (TPSA) is 140 Å². The van der Waals surface area contributed by atoms with Crippen LogP contribution in [0.5, 0.6) is 0 Å². The van der Waals surface area contributed by atoms with Crippen LogP contribution in [0, 0.1) is 5.92 Å². The van der Waals surface area contributed by atoms with E-state index in [0.717, 1.165) is 94.7 Å². The van der Waals surface area contributed by atoms with Crippen LogP contribution in [0.1, 0.15) is 76.7 Å². The van der Waals surface area contributed by atoms with Crippen molar-refractivity contribution < 1.29 is 65.3 Å². The van der Waals surface area contributed by atoms with Crippen molar-refractivity contribution >= 4 is 11.8 Å². The van der Waals surface area contributed by atoms with E-state index in [0.29, 0.717) is 105 Å². The summed E-state index contributed by atoms with van der Waals surface area (Å²) in [5, 5.41) is 3.59. The Balaban J connectivity index is 0.0000107. The fraction of sp³-hybridized carbons (Fsp3) is 0.720. The van der Waals surface area contributed by atoms with Gasteiger partial charge in [-0.1, -0.05) is 63.0 Å². The first-order valence-electron chi connectivity index (χ1n) is 23.9. The summed E-state index contributed by atoms with van der Waals surface area (Å²) in [7, 11) is 0. The number of benzene rings is 1. The summed E-state index contributed by atoms with van der Waals surface area (Å²) in [4.78, 5) is 0. The van der Waals surface area contributed by atoms with Gasteiger partial charge in [-0.2, -0.15) is 13.2 Å². The smallest absolute Gasteiger partial charge is 0.411 e. The minimum Gasteiger partial charge on any atom is -0.492 e. The zero-order valence-electron chi connectivity index (χ0n) is 40.1. The normalized spacial score (nSPS) is 16.8. The molecule has 66 heavy (non-hydrogen) atoms. The molecule has 0 fully saturated rings. The molecule has 1 aromatic rings. The molecule has 16 heteroatoms. The SMILES string of the molecule is C=C.CC1/C=C(OCCOCCCCCOCCOCCOCCOCCOCCCCCCCCOCCOCCOCCOCC(F)(F)F)\C=C/CNC(/C=C/c2ccc(N)cc2)C1. The van der Waals surface area contributed by atoms with Crippen LogP contribution in [0.15, 0.2) is 67.5 Å². The van der Waals surface area contributed by atoms with Crippen LogP contribution in [-0.2, 0) is 52.1 Å². The number of anilines is 1. The van der Waals surface area contributed by atoms with E-state index in [-0.39, 0.29) is 19.3 Å². The lowest BCUT2D eigenvalue weighted by Gasteiger charge is -2.16. The van der Waals surface area contributed by atoms with Crippen molar-refractivity contribution in [2.24, 2.45) is 5.92 Å². The molecule has 0 aromatic heterocycles. The number of nitrogens with one attached hydrogen (secondary N) is 1. The van der Waals surface area contributed by atoms with Gasteiger partial charge in [0.1, 0.15) is 19.0 Å². The Morgan fingerprint density at radius 2 is 0.939 bits per heavy atom. The highest BCUT2D eigenvalue weighted by atomic mass is 19.4. The summed E-state index contributed by atoms with van der Waals surface area (Å²) < 4.78 is 96.2. The third-order valence-corrected chi connectivity index (χ3v) is 9.58. The predicted octanol–water partition coefficient (Wildman–Crippen LogP) is 8.78. The molecule has 1 aliphatic rings. The van der Waals surface area contributed by atoms with E-state index in [4.69, 9.17) is 53.1 Å². The lowest BCUT2D eigenvalue weighted by atomic mass is 10.00. The number of unbranched alkanes of at least 4 members (excludes halogenated alkanes) is 7. The Bertz CT molecular complexity index is 1290. The Hall–Kier alpha value is -2.87. The van der Waals surface area contributed by atoms with E-state index in [2.05, 4.69) is 54.4 Å². The molecule has 0 amide bonds. The van der Waals surface area contributed by atoms with Crippen molar-refractivity contribution in [1.29, 1.82) is 0 Å². The summed E-state index contributed by atoms with van der Waals surface area (Å²) in [6.07, 6.45) is 17.1. The van der Waals surface area contributed by atoms with Gasteiger partial charge in [-0.15, -0.1) is 13.2 Å². The molecule has 2 atom stereocenters. The average Bonchev–Trinajstić information content (AvgIpc) is 3.39. The van der Waals surface area contributed by atoms with Gasteiger partial charge in [0.2, 0.25) is 0 Å². The van der Waals surface area contributed by atoms with E-state index in [1.54, 1.807) is 0 Å². The maximum absolute atomic E-state index is 11.9. The van der Waals surface area contributed by atoms with Crippen LogP contribution in [0.4, 0.5) is 18.9 Å². The summed E-state index contributed by atoms with van der Waals surface area (Å²) in [6, 6.07) is 8.18. The summed E-state index contributed by atoms with van der Waals surface area (Å²) >= 11 is 0. The second-order valence-electron chi connectivity index (χ2n) is 15.4. The van der Waals surface area contributed by atoms with Crippen molar-refractivity contribution in [2.45, 2.75) is 83.4 Å².